The molecule has 6 nitrogen and oxygen atoms in total. The molecule has 1 aromatic heterocycles. The number of imidazole rings is 1. The summed E-state index contributed by atoms with van der Waals surface area (Å²) in [4.78, 5) is 19.4. The SMILES string of the molecule is CCC(CC(C)(CC(C)c1ccc(S(=O)O)cc1)N1CCCC1=O)n1ccnc1. The van der Waals surface area contributed by atoms with E-state index in [1.165, 1.54) is 0 Å². The molecule has 1 aliphatic rings. The van der Waals surface area contributed by atoms with Crippen molar-refractivity contribution in [3.05, 3.63) is 48.5 Å². The molecule has 7 heteroatoms. The first kappa shape index (κ1) is 21.7. The summed E-state index contributed by atoms with van der Waals surface area (Å²) in [5.74, 6) is 0.459. The number of benzene rings is 1. The Kier molecular flexibility index (Phi) is 6.90. The molecule has 1 amide bonds. The Morgan fingerprint density at radius 3 is 2.52 bits per heavy atom. The second-order valence-corrected chi connectivity index (χ2v) is 9.32. The first-order valence-corrected chi connectivity index (χ1v) is 11.4. The number of carbonyl (C=O) groups is 1. The minimum atomic E-state index is -1.96. The van der Waals surface area contributed by atoms with Crippen LogP contribution in [-0.2, 0) is 15.9 Å². The van der Waals surface area contributed by atoms with E-state index in [0.717, 1.165) is 37.8 Å². The van der Waals surface area contributed by atoms with E-state index in [-0.39, 0.29) is 23.4 Å². The van der Waals surface area contributed by atoms with E-state index in [1.54, 1.807) is 18.3 Å². The van der Waals surface area contributed by atoms with E-state index in [1.807, 2.05) is 24.7 Å². The van der Waals surface area contributed by atoms with Crippen LogP contribution in [0.5, 0.6) is 0 Å². The molecule has 29 heavy (non-hydrogen) atoms. The number of likely N-dealkylation sites (tertiary alicyclic amines) is 1. The second kappa shape index (κ2) is 9.22. The quantitative estimate of drug-likeness (QED) is 0.615. The number of rotatable bonds is 9. The normalized spacial score (nSPS) is 19.7. The Labute approximate surface area is 175 Å². The molecule has 0 radical (unpaired) electrons. The molecule has 158 valence electrons. The van der Waals surface area contributed by atoms with Crippen molar-refractivity contribution in [3.63, 3.8) is 0 Å². The summed E-state index contributed by atoms with van der Waals surface area (Å²) in [7, 11) is 0. The topological polar surface area (TPSA) is 75.4 Å². The minimum Gasteiger partial charge on any atom is -0.337 e. The maximum absolute atomic E-state index is 12.7. The van der Waals surface area contributed by atoms with E-state index < -0.39 is 11.1 Å². The molecule has 2 heterocycles. The van der Waals surface area contributed by atoms with Crippen LogP contribution in [-0.4, -0.2) is 41.2 Å². The van der Waals surface area contributed by atoms with Gasteiger partial charge < -0.3 is 14.0 Å². The largest absolute Gasteiger partial charge is 0.337 e. The van der Waals surface area contributed by atoms with Gasteiger partial charge in [0, 0.05) is 36.9 Å². The maximum Gasteiger partial charge on any atom is 0.223 e. The lowest BCUT2D eigenvalue weighted by molar-refractivity contribution is -0.133. The summed E-state index contributed by atoms with van der Waals surface area (Å²) in [6.45, 7) is 7.37. The number of hydrogen-bond acceptors (Lipinski definition) is 3. The first-order valence-electron chi connectivity index (χ1n) is 10.3. The van der Waals surface area contributed by atoms with Gasteiger partial charge in [0.2, 0.25) is 5.91 Å². The summed E-state index contributed by atoms with van der Waals surface area (Å²) in [6.07, 6.45) is 9.88. The third-order valence-electron chi connectivity index (χ3n) is 6.21. The highest BCUT2D eigenvalue weighted by Gasteiger charge is 2.40. The fraction of sp³-hybridized carbons (Fsp3) is 0.545. The zero-order chi connectivity index (χ0) is 21.0. The van der Waals surface area contributed by atoms with Crippen molar-refractivity contribution in [2.45, 2.75) is 75.3 Å². The standard InChI is InChI=1S/C22H31N3O3S/c1-4-19(24-13-11-23-16-24)15-22(3,25-12-5-6-21(25)26)14-17(2)18-7-9-20(10-8-18)29(27)28/h7-11,13,16-17,19H,4-6,12,14-15H2,1-3H3,(H,27,28). The molecule has 0 saturated carbocycles. The molecule has 4 atom stereocenters. The lowest BCUT2D eigenvalue weighted by Gasteiger charge is -2.43. The van der Waals surface area contributed by atoms with Crippen LogP contribution in [0.2, 0.25) is 0 Å². The molecule has 1 fully saturated rings. The zero-order valence-corrected chi connectivity index (χ0v) is 18.3. The lowest BCUT2D eigenvalue weighted by Crippen LogP contribution is -2.49. The van der Waals surface area contributed by atoms with Crippen LogP contribution < -0.4 is 0 Å². The van der Waals surface area contributed by atoms with Gasteiger partial charge in [0.25, 0.3) is 0 Å². The molecule has 1 N–H and O–H groups in total. The van der Waals surface area contributed by atoms with Gasteiger partial charge in [-0.05, 0) is 56.2 Å². The summed E-state index contributed by atoms with van der Waals surface area (Å²) in [5, 5.41) is 0. The van der Waals surface area contributed by atoms with Crippen LogP contribution in [0.3, 0.4) is 0 Å². The average Bonchev–Trinajstić information content (AvgIpc) is 3.38. The summed E-state index contributed by atoms with van der Waals surface area (Å²) < 4.78 is 22.6. The van der Waals surface area contributed by atoms with Crippen molar-refractivity contribution in [1.82, 2.24) is 14.5 Å². The molecule has 1 aliphatic heterocycles. The second-order valence-electron chi connectivity index (χ2n) is 8.35. The van der Waals surface area contributed by atoms with Crippen molar-refractivity contribution < 1.29 is 13.6 Å². The van der Waals surface area contributed by atoms with Crippen molar-refractivity contribution in [2.75, 3.05) is 6.54 Å². The Morgan fingerprint density at radius 1 is 1.28 bits per heavy atom. The van der Waals surface area contributed by atoms with Gasteiger partial charge in [0.15, 0.2) is 11.1 Å². The van der Waals surface area contributed by atoms with Gasteiger partial charge >= 0.3 is 0 Å². The highest BCUT2D eigenvalue weighted by Crippen LogP contribution is 2.39. The van der Waals surface area contributed by atoms with Gasteiger partial charge in [-0.1, -0.05) is 26.0 Å². The van der Waals surface area contributed by atoms with Crippen LogP contribution in [0.4, 0.5) is 0 Å². The molecular formula is C22H31N3O3S. The van der Waals surface area contributed by atoms with Gasteiger partial charge in [0.05, 0.1) is 11.2 Å². The number of nitrogens with zero attached hydrogens (tertiary/aromatic N) is 3. The molecule has 4 unspecified atom stereocenters. The Bertz CT molecular complexity index is 837. The van der Waals surface area contributed by atoms with Crippen LogP contribution in [0.1, 0.15) is 70.4 Å². The number of aromatic nitrogens is 2. The molecule has 0 spiro atoms. The maximum atomic E-state index is 12.7. The van der Waals surface area contributed by atoms with E-state index in [2.05, 4.69) is 35.2 Å². The Balaban J connectivity index is 1.84. The van der Waals surface area contributed by atoms with Crippen molar-refractivity contribution >= 4 is 17.0 Å². The summed E-state index contributed by atoms with van der Waals surface area (Å²) in [5.41, 5.74) is 0.851. The molecule has 1 aromatic carbocycles. The highest BCUT2D eigenvalue weighted by atomic mass is 32.2. The third-order valence-corrected chi connectivity index (χ3v) is 6.89. The minimum absolute atomic E-state index is 0.217. The summed E-state index contributed by atoms with van der Waals surface area (Å²) in [6, 6.07) is 7.55. The molecule has 0 aliphatic carbocycles. The van der Waals surface area contributed by atoms with Crippen LogP contribution in [0, 0.1) is 0 Å². The number of amides is 1. The smallest absolute Gasteiger partial charge is 0.223 e. The molecular weight excluding hydrogens is 386 g/mol. The van der Waals surface area contributed by atoms with Gasteiger partial charge in [-0.2, -0.15) is 0 Å². The predicted molar refractivity (Wildman–Crippen MR) is 114 cm³/mol. The van der Waals surface area contributed by atoms with Crippen LogP contribution in [0.15, 0.2) is 47.9 Å². The van der Waals surface area contributed by atoms with Crippen molar-refractivity contribution in [3.8, 4) is 0 Å². The van der Waals surface area contributed by atoms with Crippen molar-refractivity contribution in [1.29, 1.82) is 0 Å². The predicted octanol–water partition coefficient (Wildman–Crippen LogP) is 4.38. The Hall–Kier alpha value is -1.99. The van der Waals surface area contributed by atoms with E-state index in [4.69, 9.17) is 0 Å². The first-order chi connectivity index (χ1) is 13.8. The van der Waals surface area contributed by atoms with Crippen LogP contribution >= 0.6 is 0 Å². The molecule has 0 bridgehead atoms. The lowest BCUT2D eigenvalue weighted by atomic mass is 9.80. The van der Waals surface area contributed by atoms with E-state index in [0.29, 0.717) is 11.3 Å². The van der Waals surface area contributed by atoms with Crippen molar-refractivity contribution in [2.24, 2.45) is 0 Å². The van der Waals surface area contributed by atoms with E-state index in [9.17, 15) is 13.6 Å². The van der Waals surface area contributed by atoms with E-state index >= 15 is 0 Å². The fourth-order valence-corrected chi connectivity index (χ4v) is 5.04. The fourth-order valence-electron chi connectivity index (χ4n) is 4.67. The van der Waals surface area contributed by atoms with Gasteiger partial charge in [-0.15, -0.1) is 0 Å². The summed E-state index contributed by atoms with van der Waals surface area (Å²) >= 11 is -1.96. The number of hydrogen-bond donors (Lipinski definition) is 1. The van der Waals surface area contributed by atoms with Gasteiger partial charge in [0.1, 0.15) is 0 Å². The zero-order valence-electron chi connectivity index (χ0n) is 17.5. The molecule has 1 saturated heterocycles. The van der Waals surface area contributed by atoms with Gasteiger partial charge in [-0.3, -0.25) is 4.79 Å². The number of carbonyl (C=O) groups excluding carboxylic acids is 1. The van der Waals surface area contributed by atoms with Crippen LogP contribution in [0.25, 0.3) is 0 Å². The average molecular weight is 418 g/mol. The highest BCUT2D eigenvalue weighted by molar-refractivity contribution is 7.79. The Morgan fingerprint density at radius 2 is 2.00 bits per heavy atom. The monoisotopic (exact) mass is 417 g/mol. The molecule has 3 rings (SSSR count). The van der Waals surface area contributed by atoms with Gasteiger partial charge in [-0.25, -0.2) is 9.19 Å². The molecule has 2 aromatic rings. The third kappa shape index (κ3) is 4.95.